The molecule has 0 aromatic heterocycles. The Hall–Kier alpha value is -1.71. The molecule has 0 radical (unpaired) electrons. The maximum absolute atomic E-state index is 12.0. The third kappa shape index (κ3) is 2.74. The predicted octanol–water partition coefficient (Wildman–Crippen LogP) is 0.357. The van der Waals surface area contributed by atoms with Crippen LogP contribution in [0.5, 0.6) is 0 Å². The second kappa shape index (κ2) is 5.00. The van der Waals surface area contributed by atoms with Crippen molar-refractivity contribution in [3.05, 3.63) is 28.3 Å². The summed E-state index contributed by atoms with van der Waals surface area (Å²) < 4.78 is 24.9. The molecule has 1 aromatic carbocycles. The molecular weight excluding hydrogens is 284 g/mol. The molecule has 110 valence electrons. The van der Waals surface area contributed by atoms with Crippen molar-refractivity contribution < 1.29 is 13.3 Å². The predicted molar refractivity (Wildman–Crippen MR) is 74.0 cm³/mol. The fraction of sp³-hybridized carbons (Fsp3) is 0.455. The normalized spacial score (nSPS) is 21.8. The lowest BCUT2D eigenvalue weighted by Crippen LogP contribution is -2.22. The van der Waals surface area contributed by atoms with Crippen molar-refractivity contribution in [1.29, 1.82) is 0 Å². The fourth-order valence-corrected chi connectivity index (χ4v) is 2.66. The van der Waals surface area contributed by atoms with Crippen LogP contribution in [0.15, 0.2) is 23.1 Å². The van der Waals surface area contributed by atoms with Crippen LogP contribution < -0.4 is 11.1 Å². The highest BCUT2D eigenvalue weighted by Gasteiger charge is 2.35. The SMILES string of the molecule is CN(C)S(=O)(=O)c1ccc(NC2CC2N)c([N+](=O)[O-])c1. The first kappa shape index (κ1) is 14.7. The van der Waals surface area contributed by atoms with Crippen LogP contribution in [0, 0.1) is 10.1 Å². The first-order valence-corrected chi connectivity index (χ1v) is 7.40. The van der Waals surface area contributed by atoms with Crippen molar-refractivity contribution in [2.75, 3.05) is 19.4 Å². The second-order valence-corrected chi connectivity index (χ2v) is 7.03. The highest BCUT2D eigenvalue weighted by molar-refractivity contribution is 7.89. The Labute approximate surface area is 116 Å². The zero-order chi connectivity index (χ0) is 15.1. The zero-order valence-electron chi connectivity index (χ0n) is 11.1. The largest absolute Gasteiger partial charge is 0.375 e. The molecule has 9 heteroatoms. The van der Waals surface area contributed by atoms with Gasteiger partial charge >= 0.3 is 0 Å². The van der Waals surface area contributed by atoms with Gasteiger partial charge in [0, 0.05) is 32.2 Å². The first-order valence-electron chi connectivity index (χ1n) is 5.96. The Morgan fingerprint density at radius 1 is 1.45 bits per heavy atom. The molecule has 1 aromatic rings. The van der Waals surface area contributed by atoms with Crippen molar-refractivity contribution in [3.8, 4) is 0 Å². The molecule has 0 aliphatic heterocycles. The van der Waals surface area contributed by atoms with Crippen LogP contribution in [-0.4, -0.2) is 43.8 Å². The fourth-order valence-electron chi connectivity index (χ4n) is 1.74. The van der Waals surface area contributed by atoms with E-state index in [1.54, 1.807) is 0 Å². The Bertz CT molecular complexity index is 644. The number of sulfonamides is 1. The minimum absolute atomic E-state index is 0.00464. The maximum atomic E-state index is 12.0. The molecule has 1 aliphatic rings. The molecule has 1 aliphatic carbocycles. The van der Waals surface area contributed by atoms with Gasteiger partial charge in [0.15, 0.2) is 0 Å². The van der Waals surface area contributed by atoms with Crippen LogP contribution in [0.3, 0.4) is 0 Å². The van der Waals surface area contributed by atoms with Crippen LogP contribution in [0.2, 0.25) is 0 Å². The van der Waals surface area contributed by atoms with E-state index in [0.717, 1.165) is 16.8 Å². The second-order valence-electron chi connectivity index (χ2n) is 4.87. The summed E-state index contributed by atoms with van der Waals surface area (Å²) in [4.78, 5) is 10.4. The molecule has 2 atom stereocenters. The molecule has 0 spiro atoms. The number of anilines is 1. The number of rotatable bonds is 5. The molecule has 2 unspecified atom stereocenters. The van der Waals surface area contributed by atoms with Gasteiger partial charge in [0.25, 0.3) is 5.69 Å². The number of hydrogen-bond donors (Lipinski definition) is 2. The summed E-state index contributed by atoms with van der Waals surface area (Å²) >= 11 is 0. The third-order valence-electron chi connectivity index (χ3n) is 3.13. The van der Waals surface area contributed by atoms with E-state index >= 15 is 0 Å². The molecular formula is C11H16N4O4S. The summed E-state index contributed by atoms with van der Waals surface area (Å²) in [5, 5.41) is 14.0. The van der Waals surface area contributed by atoms with Crippen molar-refractivity contribution in [1.82, 2.24) is 4.31 Å². The van der Waals surface area contributed by atoms with Crippen molar-refractivity contribution in [2.45, 2.75) is 23.4 Å². The number of nitro benzene ring substituents is 1. The lowest BCUT2D eigenvalue weighted by Gasteiger charge is -2.12. The van der Waals surface area contributed by atoms with Crippen LogP contribution in [-0.2, 0) is 10.0 Å². The monoisotopic (exact) mass is 300 g/mol. The molecule has 0 bridgehead atoms. The number of nitrogens with zero attached hydrogens (tertiary/aromatic N) is 2. The third-order valence-corrected chi connectivity index (χ3v) is 4.94. The van der Waals surface area contributed by atoms with Crippen LogP contribution in [0.25, 0.3) is 0 Å². The summed E-state index contributed by atoms with van der Waals surface area (Å²) in [7, 11) is -0.954. The van der Waals surface area contributed by atoms with Crippen LogP contribution in [0.4, 0.5) is 11.4 Å². The van der Waals surface area contributed by atoms with Gasteiger partial charge in [-0.05, 0) is 18.6 Å². The standard InChI is InChI=1S/C11H16N4O4S/c1-14(2)20(18,19)7-3-4-9(11(5-7)15(16)17)13-10-6-8(10)12/h3-5,8,10,13H,6,12H2,1-2H3. The average molecular weight is 300 g/mol. The Kier molecular flexibility index (Phi) is 3.67. The van der Waals surface area contributed by atoms with Gasteiger partial charge in [-0.2, -0.15) is 0 Å². The van der Waals surface area contributed by atoms with Crippen LogP contribution >= 0.6 is 0 Å². The van der Waals surface area contributed by atoms with Gasteiger partial charge in [0.2, 0.25) is 10.0 Å². The van der Waals surface area contributed by atoms with E-state index in [9.17, 15) is 18.5 Å². The molecule has 0 heterocycles. The maximum Gasteiger partial charge on any atom is 0.293 e. The van der Waals surface area contributed by atoms with Crippen LogP contribution in [0.1, 0.15) is 6.42 Å². The molecule has 1 saturated carbocycles. The van der Waals surface area contributed by atoms with E-state index in [2.05, 4.69) is 5.32 Å². The molecule has 1 fully saturated rings. The van der Waals surface area contributed by atoms with E-state index in [-0.39, 0.29) is 28.4 Å². The van der Waals surface area contributed by atoms with Gasteiger partial charge < -0.3 is 11.1 Å². The summed E-state index contributed by atoms with van der Waals surface area (Å²) in [6.07, 6.45) is 0.745. The number of benzene rings is 1. The molecule has 0 amide bonds. The first-order chi connectivity index (χ1) is 9.23. The quantitative estimate of drug-likeness (QED) is 0.598. The molecule has 2 rings (SSSR count). The Morgan fingerprint density at radius 3 is 2.50 bits per heavy atom. The summed E-state index contributed by atoms with van der Waals surface area (Å²) in [5.74, 6) is 0. The smallest absolute Gasteiger partial charge is 0.293 e. The molecule has 0 saturated heterocycles. The van der Waals surface area contributed by atoms with Crippen molar-refractivity contribution in [2.24, 2.45) is 5.73 Å². The summed E-state index contributed by atoms with van der Waals surface area (Å²) in [6.45, 7) is 0. The topological polar surface area (TPSA) is 119 Å². The minimum atomic E-state index is -3.70. The Morgan fingerprint density at radius 2 is 2.05 bits per heavy atom. The molecule has 3 N–H and O–H groups in total. The van der Waals surface area contributed by atoms with E-state index in [1.165, 1.54) is 26.2 Å². The lowest BCUT2D eigenvalue weighted by atomic mass is 10.2. The van der Waals surface area contributed by atoms with Gasteiger partial charge in [-0.25, -0.2) is 12.7 Å². The Balaban J connectivity index is 2.40. The highest BCUT2D eigenvalue weighted by atomic mass is 32.2. The highest BCUT2D eigenvalue weighted by Crippen LogP contribution is 2.32. The number of nitro groups is 1. The summed E-state index contributed by atoms with van der Waals surface area (Å²) in [6, 6.07) is 3.80. The van der Waals surface area contributed by atoms with Crippen molar-refractivity contribution >= 4 is 21.4 Å². The number of hydrogen-bond acceptors (Lipinski definition) is 6. The van der Waals surface area contributed by atoms with Gasteiger partial charge in [-0.3, -0.25) is 10.1 Å². The van der Waals surface area contributed by atoms with Gasteiger partial charge in [0.05, 0.1) is 9.82 Å². The summed E-state index contributed by atoms with van der Waals surface area (Å²) in [5.41, 5.74) is 5.66. The van der Waals surface area contributed by atoms with E-state index in [4.69, 9.17) is 5.73 Å². The van der Waals surface area contributed by atoms with Gasteiger partial charge in [0.1, 0.15) is 5.69 Å². The lowest BCUT2D eigenvalue weighted by molar-refractivity contribution is -0.384. The number of nitrogens with two attached hydrogens (primary N) is 1. The average Bonchev–Trinajstić information content (AvgIpc) is 3.04. The van der Waals surface area contributed by atoms with Gasteiger partial charge in [-0.1, -0.05) is 0 Å². The van der Waals surface area contributed by atoms with Gasteiger partial charge in [-0.15, -0.1) is 0 Å². The number of nitrogens with one attached hydrogen (secondary N) is 1. The van der Waals surface area contributed by atoms with Crippen molar-refractivity contribution in [3.63, 3.8) is 0 Å². The molecule has 20 heavy (non-hydrogen) atoms. The minimum Gasteiger partial charge on any atom is -0.375 e. The van der Waals surface area contributed by atoms with E-state index < -0.39 is 14.9 Å². The molecule has 8 nitrogen and oxygen atoms in total. The van der Waals surface area contributed by atoms with E-state index in [1.807, 2.05) is 0 Å². The zero-order valence-corrected chi connectivity index (χ0v) is 11.9. The van der Waals surface area contributed by atoms with E-state index in [0.29, 0.717) is 0 Å².